The van der Waals surface area contributed by atoms with Crippen LogP contribution in [0, 0.1) is 6.92 Å². The van der Waals surface area contributed by atoms with Crippen LogP contribution in [0.15, 0.2) is 37.1 Å². The molecule has 5 rings (SSSR count). The summed E-state index contributed by atoms with van der Waals surface area (Å²) in [5.74, 6) is 2.20. The minimum atomic E-state index is -0.628. The van der Waals surface area contributed by atoms with Crippen LogP contribution in [-0.2, 0) is 11.2 Å². The van der Waals surface area contributed by atoms with Gasteiger partial charge in [-0.15, -0.1) is 12.4 Å². The largest absolute Gasteiger partial charge is 0.493 e. The lowest BCUT2D eigenvalue weighted by atomic mass is 9.96. The summed E-state index contributed by atoms with van der Waals surface area (Å²) >= 11 is 0. The number of carbonyl (C=O) groups is 1. The molecule has 1 aromatic carbocycles. The van der Waals surface area contributed by atoms with Crippen LogP contribution in [0.2, 0.25) is 0 Å². The van der Waals surface area contributed by atoms with Gasteiger partial charge in [0, 0.05) is 42.0 Å². The van der Waals surface area contributed by atoms with Gasteiger partial charge in [-0.25, -0.2) is 24.9 Å². The van der Waals surface area contributed by atoms with Crippen LogP contribution in [0.5, 0.6) is 11.5 Å². The predicted molar refractivity (Wildman–Crippen MR) is 118 cm³/mol. The average molecular weight is 454 g/mol. The highest BCUT2D eigenvalue weighted by atomic mass is 35.5. The number of imidazole rings is 1. The molecule has 32 heavy (non-hydrogen) atoms. The quantitative estimate of drug-likeness (QED) is 0.456. The number of nitrogens with one attached hydrogen (secondary N) is 2. The second-order valence-corrected chi connectivity index (χ2v) is 7.06. The number of methoxy groups -OCH3 is 1. The number of hydrogen-bond donors (Lipinski definition) is 2. The molecular weight excluding hydrogens is 434 g/mol. The van der Waals surface area contributed by atoms with Crippen molar-refractivity contribution in [1.29, 1.82) is 0 Å². The van der Waals surface area contributed by atoms with Crippen LogP contribution in [0.4, 0.5) is 5.82 Å². The van der Waals surface area contributed by atoms with Gasteiger partial charge < -0.3 is 19.8 Å². The lowest BCUT2D eigenvalue weighted by Gasteiger charge is -2.14. The Bertz CT molecular complexity index is 1280. The van der Waals surface area contributed by atoms with Gasteiger partial charge >= 0.3 is 0 Å². The first kappa shape index (κ1) is 21.4. The number of aromatic nitrogens is 6. The third kappa shape index (κ3) is 3.80. The van der Waals surface area contributed by atoms with E-state index < -0.39 is 5.92 Å². The number of hydrogen-bond acceptors (Lipinski definition) is 8. The summed E-state index contributed by atoms with van der Waals surface area (Å²) < 4.78 is 11.5. The van der Waals surface area contributed by atoms with Crippen LogP contribution in [0.1, 0.15) is 28.8 Å². The van der Waals surface area contributed by atoms with E-state index in [1.807, 2.05) is 0 Å². The number of rotatable bonds is 6. The Morgan fingerprint density at radius 3 is 2.78 bits per heavy atom. The van der Waals surface area contributed by atoms with Crippen molar-refractivity contribution >= 4 is 35.0 Å². The summed E-state index contributed by atoms with van der Waals surface area (Å²) in [5.41, 5.74) is 1.90. The molecule has 164 valence electrons. The van der Waals surface area contributed by atoms with Gasteiger partial charge in [-0.2, -0.15) is 0 Å². The van der Waals surface area contributed by atoms with E-state index in [4.69, 9.17) is 9.47 Å². The molecule has 1 atom stereocenters. The fourth-order valence-corrected chi connectivity index (χ4v) is 3.67. The Balaban J connectivity index is 0.00000245. The number of nitrogens with zero attached hydrogens (tertiary/aromatic N) is 5. The molecule has 1 unspecified atom stereocenters. The van der Waals surface area contributed by atoms with E-state index in [1.165, 1.54) is 6.33 Å². The molecule has 10 nitrogen and oxygen atoms in total. The van der Waals surface area contributed by atoms with Crippen LogP contribution < -0.4 is 14.8 Å². The van der Waals surface area contributed by atoms with Gasteiger partial charge in [-0.3, -0.25) is 4.79 Å². The molecule has 4 aromatic rings. The van der Waals surface area contributed by atoms with Crippen molar-refractivity contribution in [3.63, 3.8) is 0 Å². The van der Waals surface area contributed by atoms with Crippen LogP contribution in [0.25, 0.3) is 10.9 Å². The Hall–Kier alpha value is -3.79. The summed E-state index contributed by atoms with van der Waals surface area (Å²) in [6.45, 7) is 2.19. The highest BCUT2D eigenvalue weighted by molar-refractivity contribution is 6.05. The first-order chi connectivity index (χ1) is 15.1. The van der Waals surface area contributed by atoms with Crippen molar-refractivity contribution < 1.29 is 14.3 Å². The fourth-order valence-electron chi connectivity index (χ4n) is 3.67. The maximum Gasteiger partial charge on any atom is 0.239 e. The average Bonchev–Trinajstić information content (AvgIpc) is 3.39. The van der Waals surface area contributed by atoms with Gasteiger partial charge in [0.2, 0.25) is 5.91 Å². The number of benzene rings is 1. The van der Waals surface area contributed by atoms with E-state index in [9.17, 15) is 4.79 Å². The van der Waals surface area contributed by atoms with Crippen LogP contribution >= 0.6 is 12.4 Å². The monoisotopic (exact) mass is 453 g/mol. The Morgan fingerprint density at radius 2 is 2.00 bits per heavy atom. The molecule has 11 heteroatoms. The minimum Gasteiger partial charge on any atom is -0.493 e. The lowest BCUT2D eigenvalue weighted by molar-refractivity contribution is -0.116. The topological polar surface area (TPSA) is 128 Å². The van der Waals surface area contributed by atoms with Crippen molar-refractivity contribution in [2.75, 3.05) is 19.0 Å². The fraction of sp³-hybridized carbons (Fsp3) is 0.238. The maximum atomic E-state index is 12.8. The van der Waals surface area contributed by atoms with Crippen LogP contribution in [-0.4, -0.2) is 49.5 Å². The number of H-pyrrole nitrogens is 1. The van der Waals surface area contributed by atoms with E-state index in [0.717, 1.165) is 5.82 Å². The molecule has 1 amide bonds. The number of amides is 1. The first-order valence-corrected chi connectivity index (χ1v) is 9.72. The van der Waals surface area contributed by atoms with Gasteiger partial charge in [0.15, 0.2) is 11.5 Å². The lowest BCUT2D eigenvalue weighted by Crippen LogP contribution is -2.15. The molecule has 0 radical (unpaired) electrons. The third-order valence-corrected chi connectivity index (χ3v) is 5.13. The van der Waals surface area contributed by atoms with Gasteiger partial charge in [0.25, 0.3) is 0 Å². The number of carbonyl (C=O) groups excluding carboxylic acids is 1. The highest BCUT2D eigenvalue weighted by Crippen LogP contribution is 2.40. The number of aromatic amines is 1. The second kappa shape index (κ2) is 8.75. The van der Waals surface area contributed by atoms with Crippen LogP contribution in [0.3, 0.4) is 0 Å². The molecule has 0 saturated carbocycles. The molecule has 0 spiro atoms. The van der Waals surface area contributed by atoms with Gasteiger partial charge in [-0.1, -0.05) is 0 Å². The molecule has 0 bridgehead atoms. The van der Waals surface area contributed by atoms with E-state index in [0.29, 0.717) is 58.3 Å². The Morgan fingerprint density at radius 1 is 1.12 bits per heavy atom. The third-order valence-electron chi connectivity index (χ3n) is 5.13. The van der Waals surface area contributed by atoms with Crippen molar-refractivity contribution in [3.8, 4) is 11.5 Å². The smallest absolute Gasteiger partial charge is 0.239 e. The predicted octanol–water partition coefficient (Wildman–Crippen LogP) is 2.59. The van der Waals surface area contributed by atoms with Gasteiger partial charge in [0.05, 0.1) is 24.9 Å². The molecule has 2 N–H and O–H groups in total. The minimum absolute atomic E-state index is 0. The summed E-state index contributed by atoms with van der Waals surface area (Å²) in [6.07, 6.45) is 7.21. The summed E-state index contributed by atoms with van der Waals surface area (Å²) in [6, 6.07) is 3.59. The molecular formula is C21H20ClN7O3. The normalized spacial score (nSPS) is 14.6. The van der Waals surface area contributed by atoms with Crippen molar-refractivity contribution in [3.05, 3.63) is 60.0 Å². The summed E-state index contributed by atoms with van der Waals surface area (Å²) in [5, 5.41) is 3.52. The van der Waals surface area contributed by atoms with Crippen molar-refractivity contribution in [2.45, 2.75) is 19.3 Å². The molecule has 0 saturated heterocycles. The van der Waals surface area contributed by atoms with E-state index in [1.54, 1.807) is 44.8 Å². The molecule has 0 aliphatic carbocycles. The number of fused-ring (bicyclic) bond motifs is 2. The molecule has 1 aliphatic heterocycles. The molecule has 0 fully saturated rings. The van der Waals surface area contributed by atoms with Gasteiger partial charge in [-0.05, 0) is 13.0 Å². The Kier molecular flexibility index (Phi) is 5.87. The SMILES string of the molecule is COc1cc2c(C3C(=O)Nc4nc(C)ncc43)ncnc2cc1OCCc1ncc[nH]1.Cl. The first-order valence-electron chi connectivity index (χ1n) is 9.72. The number of halogens is 1. The van der Waals surface area contributed by atoms with E-state index in [-0.39, 0.29) is 18.3 Å². The zero-order chi connectivity index (χ0) is 21.4. The molecule has 3 aromatic heterocycles. The zero-order valence-corrected chi connectivity index (χ0v) is 18.1. The highest BCUT2D eigenvalue weighted by Gasteiger charge is 2.36. The molecule has 4 heterocycles. The van der Waals surface area contributed by atoms with Crippen molar-refractivity contribution in [2.24, 2.45) is 0 Å². The number of ether oxygens (including phenoxy) is 2. The summed E-state index contributed by atoms with van der Waals surface area (Å²) in [7, 11) is 1.57. The Labute approximate surface area is 189 Å². The number of aryl methyl sites for hydroxylation is 1. The van der Waals surface area contributed by atoms with E-state index in [2.05, 4.69) is 35.2 Å². The zero-order valence-electron chi connectivity index (χ0n) is 17.3. The van der Waals surface area contributed by atoms with Crippen molar-refractivity contribution in [1.82, 2.24) is 29.9 Å². The summed E-state index contributed by atoms with van der Waals surface area (Å²) in [4.78, 5) is 37.4. The number of anilines is 1. The van der Waals surface area contributed by atoms with E-state index >= 15 is 0 Å². The maximum absolute atomic E-state index is 12.8. The van der Waals surface area contributed by atoms with Gasteiger partial charge in [0.1, 0.15) is 29.7 Å². The standard InChI is InChI=1S/C21H19N7O3.ClH/c1-11-24-9-13-18(21(29)28-20(13)27-11)19-12-7-15(30-2)16(8-14(12)25-10-26-19)31-6-3-17-22-4-5-23-17;/h4-5,7-10,18H,3,6H2,1-2H3,(H,22,23)(H,24,27,28,29);1H. The second-order valence-electron chi connectivity index (χ2n) is 7.06. The molecule has 1 aliphatic rings.